The van der Waals surface area contributed by atoms with Gasteiger partial charge in [-0.1, -0.05) is 6.92 Å². The van der Waals surface area contributed by atoms with E-state index in [-0.39, 0.29) is 0 Å². The summed E-state index contributed by atoms with van der Waals surface area (Å²) in [6.07, 6.45) is 8.12. The molecule has 0 radical (unpaired) electrons. The Morgan fingerprint density at radius 3 is 2.35 bits per heavy atom. The van der Waals surface area contributed by atoms with Crippen LogP contribution in [0, 0.1) is 5.92 Å². The Balaban J connectivity index is 1.41. The lowest BCUT2D eigenvalue weighted by molar-refractivity contribution is 0.436. The zero-order chi connectivity index (χ0) is 17.8. The van der Waals surface area contributed by atoms with E-state index < -0.39 is 0 Å². The van der Waals surface area contributed by atoms with E-state index in [2.05, 4.69) is 62.3 Å². The van der Waals surface area contributed by atoms with Crippen LogP contribution in [-0.2, 0) is 0 Å². The van der Waals surface area contributed by atoms with Crippen LogP contribution in [0.25, 0.3) is 0 Å². The maximum absolute atomic E-state index is 4.47. The molecule has 0 unspecified atom stereocenters. The van der Waals surface area contributed by atoms with Crippen molar-refractivity contribution in [1.82, 2.24) is 9.97 Å². The molecule has 2 aromatic rings. The summed E-state index contributed by atoms with van der Waals surface area (Å²) in [7, 11) is 0. The molecule has 1 N–H and O–H groups in total. The van der Waals surface area contributed by atoms with Gasteiger partial charge in [0.05, 0.1) is 0 Å². The largest absolute Gasteiger partial charge is 0.372 e. The number of hydrogen-bond acceptors (Lipinski definition) is 5. The molecule has 0 aliphatic carbocycles. The zero-order valence-corrected chi connectivity index (χ0v) is 15.7. The van der Waals surface area contributed by atoms with Crippen molar-refractivity contribution < 1.29 is 0 Å². The van der Waals surface area contributed by atoms with Gasteiger partial charge in [-0.05, 0) is 62.3 Å². The first-order chi connectivity index (χ1) is 12.8. The molecule has 1 aromatic carbocycles. The molecule has 26 heavy (non-hydrogen) atoms. The van der Waals surface area contributed by atoms with Crippen LogP contribution in [0.4, 0.5) is 23.0 Å². The average Bonchev–Trinajstić information content (AvgIpc) is 2.70. The Morgan fingerprint density at radius 1 is 0.885 bits per heavy atom. The first kappa shape index (κ1) is 17.1. The fourth-order valence-corrected chi connectivity index (χ4v) is 3.88. The van der Waals surface area contributed by atoms with Gasteiger partial charge in [-0.25, -0.2) is 9.97 Å². The predicted molar refractivity (Wildman–Crippen MR) is 108 cm³/mol. The van der Waals surface area contributed by atoms with Crippen molar-refractivity contribution in [3.63, 3.8) is 0 Å². The van der Waals surface area contributed by atoms with Crippen molar-refractivity contribution in [2.45, 2.75) is 39.0 Å². The summed E-state index contributed by atoms with van der Waals surface area (Å²) >= 11 is 0. The lowest BCUT2D eigenvalue weighted by atomic mass is 9.99. The summed E-state index contributed by atoms with van der Waals surface area (Å²) in [6.45, 7) is 6.86. The van der Waals surface area contributed by atoms with E-state index in [1.54, 1.807) is 6.33 Å². The molecule has 0 spiro atoms. The minimum Gasteiger partial charge on any atom is -0.372 e. The van der Waals surface area contributed by atoms with Crippen LogP contribution < -0.4 is 15.1 Å². The molecule has 2 aliphatic rings. The van der Waals surface area contributed by atoms with Crippen molar-refractivity contribution >= 4 is 23.0 Å². The lowest BCUT2D eigenvalue weighted by Gasteiger charge is -2.31. The fraction of sp³-hybridized carbons (Fsp3) is 0.524. The van der Waals surface area contributed by atoms with Gasteiger partial charge in [-0.2, -0.15) is 0 Å². The van der Waals surface area contributed by atoms with Gasteiger partial charge in [-0.3, -0.25) is 0 Å². The van der Waals surface area contributed by atoms with Crippen LogP contribution in [0.1, 0.15) is 39.0 Å². The Hall–Kier alpha value is -2.30. The number of benzene rings is 1. The third-order valence-corrected chi connectivity index (χ3v) is 5.62. The molecule has 0 atom stereocenters. The van der Waals surface area contributed by atoms with Gasteiger partial charge in [0.2, 0.25) is 0 Å². The third-order valence-electron chi connectivity index (χ3n) is 5.62. The van der Waals surface area contributed by atoms with Crippen molar-refractivity contribution in [3.8, 4) is 0 Å². The summed E-state index contributed by atoms with van der Waals surface area (Å²) in [5, 5.41) is 3.43. The smallest absolute Gasteiger partial charge is 0.135 e. The SMILES string of the molecule is CC1CCN(c2cc(Nc3ccc(N4CCCCC4)cc3)ncn2)CC1. The molecule has 1 aromatic heterocycles. The van der Waals surface area contributed by atoms with Crippen LogP contribution in [0.2, 0.25) is 0 Å². The topological polar surface area (TPSA) is 44.3 Å². The Kier molecular flexibility index (Phi) is 5.23. The monoisotopic (exact) mass is 351 g/mol. The van der Waals surface area contributed by atoms with Crippen LogP contribution in [0.15, 0.2) is 36.7 Å². The number of nitrogens with one attached hydrogen (secondary N) is 1. The maximum Gasteiger partial charge on any atom is 0.135 e. The molecule has 0 saturated carbocycles. The van der Waals surface area contributed by atoms with E-state index in [1.807, 2.05) is 0 Å². The second-order valence-electron chi connectivity index (χ2n) is 7.65. The summed E-state index contributed by atoms with van der Waals surface area (Å²) in [5.74, 6) is 2.71. The number of rotatable bonds is 4. The normalized spacial score (nSPS) is 18.8. The Labute approximate surface area is 156 Å². The van der Waals surface area contributed by atoms with E-state index >= 15 is 0 Å². The van der Waals surface area contributed by atoms with Crippen LogP contribution in [-0.4, -0.2) is 36.1 Å². The van der Waals surface area contributed by atoms with Gasteiger partial charge in [0.1, 0.15) is 18.0 Å². The molecule has 0 bridgehead atoms. The van der Waals surface area contributed by atoms with Crippen molar-refractivity contribution in [2.24, 2.45) is 5.92 Å². The van der Waals surface area contributed by atoms with Crippen molar-refractivity contribution in [2.75, 3.05) is 41.3 Å². The second-order valence-corrected chi connectivity index (χ2v) is 7.65. The fourth-order valence-electron chi connectivity index (χ4n) is 3.88. The van der Waals surface area contributed by atoms with Gasteiger partial charge in [0.25, 0.3) is 0 Å². The van der Waals surface area contributed by atoms with E-state index in [4.69, 9.17) is 0 Å². The first-order valence-electron chi connectivity index (χ1n) is 9.97. The highest BCUT2D eigenvalue weighted by Gasteiger charge is 2.17. The van der Waals surface area contributed by atoms with Gasteiger partial charge < -0.3 is 15.1 Å². The summed E-state index contributed by atoms with van der Waals surface area (Å²) in [4.78, 5) is 13.7. The molecule has 5 heteroatoms. The quantitative estimate of drug-likeness (QED) is 0.882. The molecule has 2 saturated heterocycles. The predicted octanol–water partition coefficient (Wildman–Crippen LogP) is 4.45. The highest BCUT2D eigenvalue weighted by atomic mass is 15.2. The summed E-state index contributed by atoms with van der Waals surface area (Å²) in [6, 6.07) is 10.8. The second kappa shape index (κ2) is 7.94. The highest BCUT2D eigenvalue weighted by Crippen LogP contribution is 2.25. The van der Waals surface area contributed by atoms with Crippen LogP contribution in [0.3, 0.4) is 0 Å². The maximum atomic E-state index is 4.47. The van der Waals surface area contributed by atoms with Crippen molar-refractivity contribution in [1.29, 1.82) is 0 Å². The highest BCUT2D eigenvalue weighted by molar-refractivity contribution is 5.62. The van der Waals surface area contributed by atoms with E-state index in [0.29, 0.717) is 0 Å². The molecular weight excluding hydrogens is 322 g/mol. The van der Waals surface area contributed by atoms with E-state index in [1.165, 1.54) is 50.9 Å². The van der Waals surface area contributed by atoms with E-state index in [9.17, 15) is 0 Å². The van der Waals surface area contributed by atoms with Gasteiger partial charge >= 0.3 is 0 Å². The van der Waals surface area contributed by atoms with Crippen LogP contribution >= 0.6 is 0 Å². The molecular formula is C21H29N5. The number of piperidine rings is 2. The number of aromatic nitrogens is 2. The zero-order valence-electron chi connectivity index (χ0n) is 15.7. The summed E-state index contributed by atoms with van der Waals surface area (Å²) < 4.78 is 0. The number of hydrogen-bond donors (Lipinski definition) is 1. The molecule has 4 rings (SSSR count). The van der Waals surface area contributed by atoms with Gasteiger partial charge in [0.15, 0.2) is 0 Å². The molecule has 138 valence electrons. The van der Waals surface area contributed by atoms with Gasteiger partial charge in [-0.15, -0.1) is 0 Å². The van der Waals surface area contributed by atoms with Crippen molar-refractivity contribution in [3.05, 3.63) is 36.7 Å². The Morgan fingerprint density at radius 2 is 1.62 bits per heavy atom. The van der Waals surface area contributed by atoms with Gasteiger partial charge in [0, 0.05) is 43.6 Å². The molecule has 3 heterocycles. The Bertz CT molecular complexity index is 701. The van der Waals surface area contributed by atoms with E-state index in [0.717, 1.165) is 36.3 Å². The lowest BCUT2D eigenvalue weighted by Crippen LogP contribution is -2.33. The number of anilines is 4. The molecule has 0 amide bonds. The third kappa shape index (κ3) is 4.09. The molecule has 2 aliphatic heterocycles. The number of nitrogens with zero attached hydrogens (tertiary/aromatic N) is 4. The summed E-state index contributed by atoms with van der Waals surface area (Å²) in [5.41, 5.74) is 2.39. The minimum atomic E-state index is 0.823. The molecule has 5 nitrogen and oxygen atoms in total. The average molecular weight is 351 g/mol. The van der Waals surface area contributed by atoms with Crippen LogP contribution in [0.5, 0.6) is 0 Å². The molecule has 2 fully saturated rings. The first-order valence-corrected chi connectivity index (χ1v) is 9.97. The standard InChI is InChI=1S/C21H29N5/c1-17-9-13-26(14-10-17)21-15-20(22-16-23-21)24-18-5-7-19(8-6-18)25-11-3-2-4-12-25/h5-8,15-17H,2-4,9-14H2,1H3,(H,22,23,24). The minimum absolute atomic E-state index is 0.823.